The molecule has 0 unspecified atom stereocenters. The predicted molar refractivity (Wildman–Crippen MR) is 59.8 cm³/mol. The van der Waals surface area contributed by atoms with Gasteiger partial charge in [0.15, 0.2) is 0 Å². The van der Waals surface area contributed by atoms with Crippen molar-refractivity contribution >= 4 is 5.91 Å². The van der Waals surface area contributed by atoms with Crippen molar-refractivity contribution in [2.24, 2.45) is 0 Å². The first-order valence-electron chi connectivity index (χ1n) is 5.05. The Labute approximate surface area is 94.8 Å². The highest BCUT2D eigenvalue weighted by atomic mass is 16.5. The summed E-state index contributed by atoms with van der Waals surface area (Å²) in [7, 11) is 1.54. The monoisotopic (exact) mass is 218 g/mol. The predicted octanol–water partition coefficient (Wildman–Crippen LogP) is 1.59. The first-order valence-corrected chi connectivity index (χ1v) is 5.05. The van der Waals surface area contributed by atoms with E-state index in [1.54, 1.807) is 32.2 Å². The molecule has 0 fully saturated rings. The fourth-order valence-electron chi connectivity index (χ4n) is 1.28. The lowest BCUT2D eigenvalue weighted by Gasteiger charge is -2.09. The zero-order valence-corrected chi connectivity index (χ0v) is 9.41. The van der Waals surface area contributed by atoms with Gasteiger partial charge in [0.2, 0.25) is 5.91 Å². The summed E-state index contributed by atoms with van der Waals surface area (Å²) in [4.78, 5) is 11.1. The van der Waals surface area contributed by atoms with Gasteiger partial charge in [-0.05, 0) is 12.1 Å². The van der Waals surface area contributed by atoms with E-state index >= 15 is 0 Å². The molecule has 4 nitrogen and oxygen atoms in total. The lowest BCUT2D eigenvalue weighted by Crippen LogP contribution is -2.21. The number of benzene rings is 1. The second-order valence-electron chi connectivity index (χ2n) is 3.27. The molecule has 0 heterocycles. The third kappa shape index (κ3) is 2.99. The van der Waals surface area contributed by atoms with Crippen LogP contribution in [0.5, 0.6) is 5.75 Å². The van der Waals surface area contributed by atoms with Gasteiger partial charge >= 0.3 is 0 Å². The van der Waals surface area contributed by atoms with Gasteiger partial charge in [-0.3, -0.25) is 4.79 Å². The number of nitrogens with zero attached hydrogens (tertiary/aromatic N) is 1. The van der Waals surface area contributed by atoms with Crippen LogP contribution in [0.1, 0.15) is 24.5 Å². The van der Waals surface area contributed by atoms with Gasteiger partial charge in [0.05, 0.1) is 18.7 Å². The van der Waals surface area contributed by atoms with Crippen LogP contribution in [0.3, 0.4) is 0 Å². The molecule has 1 N–H and O–H groups in total. The summed E-state index contributed by atoms with van der Waals surface area (Å²) in [6, 6.07) is 7.19. The Kier molecular flexibility index (Phi) is 4.34. The fourth-order valence-corrected chi connectivity index (χ4v) is 1.28. The number of nitrogens with one attached hydrogen (secondary N) is 1. The van der Waals surface area contributed by atoms with E-state index in [0.717, 1.165) is 5.56 Å². The molecule has 1 rings (SSSR count). The second-order valence-corrected chi connectivity index (χ2v) is 3.27. The first-order chi connectivity index (χ1) is 7.71. The van der Waals surface area contributed by atoms with Crippen molar-refractivity contribution in [3.05, 3.63) is 29.3 Å². The van der Waals surface area contributed by atoms with Crippen molar-refractivity contribution in [1.82, 2.24) is 5.32 Å². The van der Waals surface area contributed by atoms with Crippen LogP contribution >= 0.6 is 0 Å². The molecular weight excluding hydrogens is 204 g/mol. The highest BCUT2D eigenvalue weighted by Crippen LogP contribution is 2.19. The highest BCUT2D eigenvalue weighted by Gasteiger charge is 2.05. The summed E-state index contributed by atoms with van der Waals surface area (Å²) < 4.78 is 5.15. The number of hydrogen-bond acceptors (Lipinski definition) is 3. The summed E-state index contributed by atoms with van der Waals surface area (Å²) in [5.74, 6) is 0.613. The van der Waals surface area contributed by atoms with Gasteiger partial charge in [0, 0.05) is 18.5 Å². The van der Waals surface area contributed by atoms with E-state index in [1.807, 2.05) is 6.07 Å². The average molecular weight is 218 g/mol. The Balaban J connectivity index is 2.80. The maximum absolute atomic E-state index is 11.1. The largest absolute Gasteiger partial charge is 0.496 e. The Morgan fingerprint density at radius 2 is 2.31 bits per heavy atom. The number of nitriles is 1. The normalized spacial score (nSPS) is 9.31. The molecule has 0 saturated heterocycles. The minimum atomic E-state index is -0.00795. The number of methoxy groups -OCH3 is 1. The molecule has 0 bridgehead atoms. The Morgan fingerprint density at radius 1 is 1.56 bits per heavy atom. The van der Waals surface area contributed by atoms with Crippen molar-refractivity contribution in [2.75, 3.05) is 7.11 Å². The Morgan fingerprint density at radius 3 is 2.88 bits per heavy atom. The van der Waals surface area contributed by atoms with E-state index in [0.29, 0.717) is 24.3 Å². The van der Waals surface area contributed by atoms with Gasteiger partial charge in [0.1, 0.15) is 5.75 Å². The van der Waals surface area contributed by atoms with Gasteiger partial charge in [-0.15, -0.1) is 0 Å². The van der Waals surface area contributed by atoms with Crippen molar-refractivity contribution in [3.8, 4) is 11.8 Å². The van der Waals surface area contributed by atoms with Crippen molar-refractivity contribution in [1.29, 1.82) is 5.26 Å². The molecule has 84 valence electrons. The molecular formula is C12H14N2O2. The zero-order chi connectivity index (χ0) is 12.0. The van der Waals surface area contributed by atoms with E-state index in [1.165, 1.54) is 0 Å². The smallest absolute Gasteiger partial charge is 0.219 e. The van der Waals surface area contributed by atoms with Crippen molar-refractivity contribution < 1.29 is 9.53 Å². The van der Waals surface area contributed by atoms with Crippen LogP contribution in [0, 0.1) is 11.3 Å². The van der Waals surface area contributed by atoms with Crippen LogP contribution in [0.2, 0.25) is 0 Å². The highest BCUT2D eigenvalue weighted by molar-refractivity contribution is 5.75. The number of ether oxygens (including phenoxy) is 1. The Hall–Kier alpha value is -2.02. The van der Waals surface area contributed by atoms with Crippen molar-refractivity contribution in [3.63, 3.8) is 0 Å². The molecule has 0 saturated carbocycles. The lowest BCUT2D eigenvalue weighted by atomic mass is 10.1. The zero-order valence-electron chi connectivity index (χ0n) is 9.41. The van der Waals surface area contributed by atoms with E-state index in [9.17, 15) is 4.79 Å². The second kappa shape index (κ2) is 5.76. The SMILES string of the molecule is CCC(=O)NCc1ccc(C#N)cc1OC. The molecule has 0 aliphatic rings. The standard InChI is InChI=1S/C12H14N2O2/c1-3-12(15)14-8-10-5-4-9(7-13)6-11(10)16-2/h4-6H,3,8H2,1-2H3,(H,14,15). The molecule has 1 aromatic carbocycles. The minimum Gasteiger partial charge on any atom is -0.496 e. The van der Waals surface area contributed by atoms with E-state index in [2.05, 4.69) is 5.32 Å². The van der Waals surface area contributed by atoms with E-state index in [-0.39, 0.29) is 5.91 Å². The van der Waals surface area contributed by atoms with Gasteiger partial charge in [-0.1, -0.05) is 13.0 Å². The van der Waals surface area contributed by atoms with E-state index < -0.39 is 0 Å². The fraction of sp³-hybridized carbons (Fsp3) is 0.333. The quantitative estimate of drug-likeness (QED) is 0.834. The van der Waals surface area contributed by atoms with E-state index in [4.69, 9.17) is 10.00 Å². The lowest BCUT2D eigenvalue weighted by molar-refractivity contribution is -0.120. The number of carbonyl (C=O) groups excluding carboxylic acids is 1. The van der Waals surface area contributed by atoms with Crippen LogP contribution in [-0.2, 0) is 11.3 Å². The Bertz CT molecular complexity index is 422. The molecule has 0 spiro atoms. The molecule has 0 atom stereocenters. The molecule has 16 heavy (non-hydrogen) atoms. The van der Waals surface area contributed by atoms with Crippen LogP contribution in [0.25, 0.3) is 0 Å². The minimum absolute atomic E-state index is 0.00795. The summed E-state index contributed by atoms with van der Waals surface area (Å²) in [6.07, 6.45) is 0.457. The van der Waals surface area contributed by atoms with Crippen molar-refractivity contribution in [2.45, 2.75) is 19.9 Å². The topological polar surface area (TPSA) is 62.1 Å². The third-order valence-corrected chi connectivity index (χ3v) is 2.21. The van der Waals surface area contributed by atoms with Gasteiger partial charge < -0.3 is 10.1 Å². The molecule has 0 radical (unpaired) electrons. The van der Waals surface area contributed by atoms with Crippen LogP contribution in [-0.4, -0.2) is 13.0 Å². The first kappa shape index (κ1) is 12.1. The summed E-state index contributed by atoms with van der Waals surface area (Å²) in [5, 5.41) is 11.5. The third-order valence-electron chi connectivity index (χ3n) is 2.21. The van der Waals surface area contributed by atoms with Crippen LogP contribution in [0.4, 0.5) is 0 Å². The number of rotatable bonds is 4. The van der Waals surface area contributed by atoms with Gasteiger partial charge in [0.25, 0.3) is 0 Å². The number of amides is 1. The van der Waals surface area contributed by atoms with Crippen LogP contribution < -0.4 is 10.1 Å². The van der Waals surface area contributed by atoms with Gasteiger partial charge in [-0.25, -0.2) is 0 Å². The molecule has 1 amide bonds. The maximum atomic E-state index is 11.1. The molecule has 0 aliphatic heterocycles. The summed E-state index contributed by atoms with van der Waals surface area (Å²) in [5.41, 5.74) is 1.41. The summed E-state index contributed by atoms with van der Waals surface area (Å²) >= 11 is 0. The molecule has 0 aliphatic carbocycles. The number of carbonyl (C=O) groups is 1. The molecule has 1 aromatic rings. The maximum Gasteiger partial charge on any atom is 0.219 e. The average Bonchev–Trinajstić information content (AvgIpc) is 2.35. The molecule has 0 aromatic heterocycles. The summed E-state index contributed by atoms with van der Waals surface area (Å²) in [6.45, 7) is 2.22. The van der Waals surface area contributed by atoms with Gasteiger partial charge in [-0.2, -0.15) is 5.26 Å². The van der Waals surface area contributed by atoms with Crippen LogP contribution in [0.15, 0.2) is 18.2 Å². The number of hydrogen-bond donors (Lipinski definition) is 1. The molecule has 4 heteroatoms.